The van der Waals surface area contributed by atoms with Crippen LogP contribution in [0.2, 0.25) is 5.02 Å². The first-order valence-corrected chi connectivity index (χ1v) is 7.46. The van der Waals surface area contributed by atoms with Gasteiger partial charge in [0.25, 0.3) is 5.91 Å². The number of benzene rings is 2. The molecular formula is C17H16ClNO4. The molecule has 6 heteroatoms. The van der Waals surface area contributed by atoms with Gasteiger partial charge in [-0.1, -0.05) is 11.6 Å². The summed E-state index contributed by atoms with van der Waals surface area (Å²) in [6.45, 7) is 0. The van der Waals surface area contributed by atoms with E-state index in [-0.39, 0.29) is 5.91 Å². The minimum Gasteiger partial charge on any atom is -0.497 e. The highest BCUT2D eigenvalue weighted by molar-refractivity contribution is 6.30. The highest BCUT2D eigenvalue weighted by Crippen LogP contribution is 2.33. The minimum absolute atomic E-state index is 0.235. The van der Waals surface area contributed by atoms with Crippen molar-refractivity contribution in [2.24, 2.45) is 0 Å². The summed E-state index contributed by atoms with van der Waals surface area (Å²) < 4.78 is 16.1. The van der Waals surface area contributed by atoms with Gasteiger partial charge in [0.2, 0.25) is 0 Å². The molecule has 1 heterocycles. The number of rotatable bonds is 4. The Bertz CT molecular complexity index is 747. The average molecular weight is 334 g/mol. The number of fused-ring (bicyclic) bond motifs is 1. The molecule has 0 unspecified atom stereocenters. The summed E-state index contributed by atoms with van der Waals surface area (Å²) in [5.41, 5.74) is 1.50. The maximum atomic E-state index is 12.4. The van der Waals surface area contributed by atoms with E-state index < -0.39 is 6.10 Å². The van der Waals surface area contributed by atoms with Crippen molar-refractivity contribution < 1.29 is 19.0 Å². The number of amides is 1. The lowest BCUT2D eigenvalue weighted by molar-refractivity contribution is -0.122. The highest BCUT2D eigenvalue weighted by atomic mass is 35.5. The SMILES string of the molecule is COc1ccc(NC(=O)[C@H]2Cc3cc(Cl)ccc3O2)c(OC)c1. The molecule has 120 valence electrons. The summed E-state index contributed by atoms with van der Waals surface area (Å²) in [6.07, 6.45) is -0.101. The summed E-state index contributed by atoms with van der Waals surface area (Å²) in [5.74, 6) is 1.63. The molecule has 0 aromatic heterocycles. The van der Waals surface area contributed by atoms with Crippen molar-refractivity contribution in [2.45, 2.75) is 12.5 Å². The average Bonchev–Trinajstić information content (AvgIpc) is 2.98. The Labute approximate surface area is 139 Å². The fraction of sp³-hybridized carbons (Fsp3) is 0.235. The van der Waals surface area contributed by atoms with Crippen LogP contribution in [0.5, 0.6) is 17.2 Å². The maximum Gasteiger partial charge on any atom is 0.265 e. The van der Waals surface area contributed by atoms with E-state index in [1.807, 2.05) is 6.07 Å². The second kappa shape index (κ2) is 6.38. The quantitative estimate of drug-likeness (QED) is 0.932. The van der Waals surface area contributed by atoms with Crippen LogP contribution in [-0.2, 0) is 11.2 Å². The van der Waals surface area contributed by atoms with Crippen molar-refractivity contribution in [3.63, 3.8) is 0 Å². The maximum absolute atomic E-state index is 12.4. The van der Waals surface area contributed by atoms with Gasteiger partial charge in [0.1, 0.15) is 17.2 Å². The Morgan fingerprint density at radius 3 is 2.78 bits per heavy atom. The van der Waals surface area contributed by atoms with Gasteiger partial charge in [0.05, 0.1) is 19.9 Å². The van der Waals surface area contributed by atoms with Crippen LogP contribution in [0.15, 0.2) is 36.4 Å². The van der Waals surface area contributed by atoms with E-state index in [0.29, 0.717) is 34.4 Å². The van der Waals surface area contributed by atoms with Gasteiger partial charge < -0.3 is 19.5 Å². The van der Waals surface area contributed by atoms with Crippen LogP contribution in [0.25, 0.3) is 0 Å². The first-order valence-electron chi connectivity index (χ1n) is 7.08. The first kappa shape index (κ1) is 15.5. The minimum atomic E-state index is -0.588. The fourth-order valence-electron chi connectivity index (χ4n) is 2.48. The highest BCUT2D eigenvalue weighted by Gasteiger charge is 2.29. The lowest BCUT2D eigenvalue weighted by Crippen LogP contribution is -2.31. The molecule has 0 bridgehead atoms. The van der Waals surface area contributed by atoms with Crippen molar-refractivity contribution >= 4 is 23.2 Å². The zero-order valence-electron chi connectivity index (χ0n) is 12.8. The summed E-state index contributed by atoms with van der Waals surface area (Å²) in [4.78, 5) is 12.4. The molecule has 2 aromatic rings. The Balaban J connectivity index is 1.73. The predicted octanol–water partition coefficient (Wildman–Crippen LogP) is 3.30. The van der Waals surface area contributed by atoms with Crippen molar-refractivity contribution in [1.29, 1.82) is 0 Å². The normalized spacial score (nSPS) is 15.5. The number of hydrogen-bond donors (Lipinski definition) is 1. The number of anilines is 1. The Morgan fingerprint density at radius 2 is 2.04 bits per heavy atom. The van der Waals surface area contributed by atoms with E-state index in [1.165, 1.54) is 7.11 Å². The van der Waals surface area contributed by atoms with Crippen molar-refractivity contribution in [3.05, 3.63) is 47.0 Å². The molecule has 0 saturated carbocycles. The Kier molecular flexibility index (Phi) is 4.30. The molecule has 1 N–H and O–H groups in total. The number of hydrogen-bond acceptors (Lipinski definition) is 4. The lowest BCUT2D eigenvalue weighted by atomic mass is 10.1. The smallest absolute Gasteiger partial charge is 0.265 e. The molecular weight excluding hydrogens is 318 g/mol. The standard InChI is InChI=1S/C17H16ClNO4/c1-21-12-4-5-13(15(9-12)22-2)19-17(20)16-8-10-7-11(18)3-6-14(10)23-16/h3-7,9,16H,8H2,1-2H3,(H,19,20)/t16-/m1/s1. The summed E-state index contributed by atoms with van der Waals surface area (Å²) >= 11 is 5.96. The van der Waals surface area contributed by atoms with Gasteiger partial charge in [-0.05, 0) is 35.9 Å². The zero-order chi connectivity index (χ0) is 16.4. The van der Waals surface area contributed by atoms with Crippen LogP contribution in [-0.4, -0.2) is 26.2 Å². The fourth-order valence-corrected chi connectivity index (χ4v) is 2.67. The van der Waals surface area contributed by atoms with E-state index in [4.69, 9.17) is 25.8 Å². The molecule has 0 saturated heterocycles. The second-order valence-corrected chi connectivity index (χ2v) is 5.55. The monoisotopic (exact) mass is 333 g/mol. The molecule has 1 aliphatic heterocycles. The van der Waals surface area contributed by atoms with E-state index in [0.717, 1.165) is 5.56 Å². The third-order valence-electron chi connectivity index (χ3n) is 3.66. The number of methoxy groups -OCH3 is 2. The molecule has 1 atom stereocenters. The van der Waals surface area contributed by atoms with Gasteiger partial charge in [-0.15, -0.1) is 0 Å². The van der Waals surface area contributed by atoms with Gasteiger partial charge in [0.15, 0.2) is 6.10 Å². The summed E-state index contributed by atoms with van der Waals surface area (Å²) in [7, 11) is 3.11. The van der Waals surface area contributed by atoms with E-state index in [1.54, 1.807) is 37.4 Å². The first-order chi connectivity index (χ1) is 11.1. The largest absolute Gasteiger partial charge is 0.497 e. The molecule has 0 aliphatic carbocycles. The molecule has 5 nitrogen and oxygen atoms in total. The van der Waals surface area contributed by atoms with Crippen molar-refractivity contribution in [3.8, 4) is 17.2 Å². The molecule has 2 aromatic carbocycles. The number of halogens is 1. The Hall–Kier alpha value is -2.40. The van der Waals surface area contributed by atoms with Crippen molar-refractivity contribution in [2.75, 3.05) is 19.5 Å². The predicted molar refractivity (Wildman–Crippen MR) is 87.7 cm³/mol. The van der Waals surface area contributed by atoms with Gasteiger partial charge in [0, 0.05) is 17.5 Å². The summed E-state index contributed by atoms with van der Waals surface area (Å²) in [6, 6.07) is 10.5. The lowest BCUT2D eigenvalue weighted by Gasteiger charge is -2.14. The van der Waals surface area contributed by atoms with Gasteiger partial charge in [-0.3, -0.25) is 4.79 Å². The zero-order valence-corrected chi connectivity index (χ0v) is 13.5. The van der Waals surface area contributed by atoms with Gasteiger partial charge in [-0.2, -0.15) is 0 Å². The van der Waals surface area contributed by atoms with Crippen LogP contribution >= 0.6 is 11.6 Å². The van der Waals surface area contributed by atoms with Gasteiger partial charge >= 0.3 is 0 Å². The third-order valence-corrected chi connectivity index (χ3v) is 3.89. The topological polar surface area (TPSA) is 56.8 Å². The van der Waals surface area contributed by atoms with E-state index >= 15 is 0 Å². The molecule has 1 amide bonds. The van der Waals surface area contributed by atoms with Crippen molar-refractivity contribution in [1.82, 2.24) is 0 Å². The third kappa shape index (κ3) is 3.19. The van der Waals surface area contributed by atoms with Crippen LogP contribution in [0.1, 0.15) is 5.56 Å². The summed E-state index contributed by atoms with van der Waals surface area (Å²) in [5, 5.41) is 3.46. The van der Waals surface area contributed by atoms with E-state index in [2.05, 4.69) is 5.32 Å². The molecule has 0 radical (unpaired) electrons. The number of nitrogens with one attached hydrogen (secondary N) is 1. The van der Waals surface area contributed by atoms with Crippen LogP contribution in [0.4, 0.5) is 5.69 Å². The van der Waals surface area contributed by atoms with Crippen LogP contribution < -0.4 is 19.5 Å². The molecule has 1 aliphatic rings. The molecule has 0 fully saturated rings. The van der Waals surface area contributed by atoms with Gasteiger partial charge in [-0.25, -0.2) is 0 Å². The molecule has 23 heavy (non-hydrogen) atoms. The molecule has 0 spiro atoms. The van der Waals surface area contributed by atoms with E-state index in [9.17, 15) is 4.79 Å². The second-order valence-electron chi connectivity index (χ2n) is 5.12. The number of carbonyl (C=O) groups is 1. The number of ether oxygens (including phenoxy) is 3. The Morgan fingerprint density at radius 1 is 1.22 bits per heavy atom. The van der Waals surface area contributed by atoms with Crippen LogP contribution in [0.3, 0.4) is 0 Å². The van der Waals surface area contributed by atoms with Crippen LogP contribution in [0, 0.1) is 0 Å². The molecule has 3 rings (SSSR count). The number of carbonyl (C=O) groups excluding carboxylic acids is 1.